The molecule has 0 spiro atoms. The lowest BCUT2D eigenvalue weighted by Crippen LogP contribution is -2.39. The van der Waals surface area contributed by atoms with Crippen LogP contribution in [0.5, 0.6) is 0 Å². The summed E-state index contributed by atoms with van der Waals surface area (Å²) in [6.07, 6.45) is 5.05. The van der Waals surface area contributed by atoms with Gasteiger partial charge in [-0.25, -0.2) is 0 Å². The SMILES string of the molecule is Cc1cncc(CN2CCC(C)C(Cl)C2)c1. The number of hydrogen-bond acceptors (Lipinski definition) is 2. The molecule has 1 aromatic heterocycles. The molecule has 2 nitrogen and oxygen atoms in total. The van der Waals surface area contributed by atoms with E-state index in [-0.39, 0.29) is 0 Å². The largest absolute Gasteiger partial charge is 0.298 e. The summed E-state index contributed by atoms with van der Waals surface area (Å²) in [5.41, 5.74) is 2.52. The first kappa shape index (κ1) is 11.9. The summed E-state index contributed by atoms with van der Waals surface area (Å²) in [6, 6.07) is 2.20. The Morgan fingerprint density at radius 1 is 1.50 bits per heavy atom. The smallest absolute Gasteiger partial charge is 0.0489 e. The molecule has 0 radical (unpaired) electrons. The molecule has 0 N–H and O–H groups in total. The van der Waals surface area contributed by atoms with Crippen LogP contribution in [0, 0.1) is 12.8 Å². The van der Waals surface area contributed by atoms with Crippen molar-refractivity contribution < 1.29 is 0 Å². The number of halogens is 1. The first-order valence-corrected chi connectivity index (χ1v) is 6.36. The average Bonchev–Trinajstić information content (AvgIpc) is 2.24. The van der Waals surface area contributed by atoms with Gasteiger partial charge in [-0.2, -0.15) is 0 Å². The number of likely N-dealkylation sites (tertiary alicyclic amines) is 1. The molecule has 2 rings (SSSR count). The van der Waals surface area contributed by atoms with Crippen molar-refractivity contribution >= 4 is 11.6 Å². The number of alkyl halides is 1. The van der Waals surface area contributed by atoms with Crippen LogP contribution in [0.4, 0.5) is 0 Å². The topological polar surface area (TPSA) is 16.1 Å². The van der Waals surface area contributed by atoms with Crippen LogP contribution >= 0.6 is 11.6 Å². The van der Waals surface area contributed by atoms with Crippen molar-refractivity contribution in [3.8, 4) is 0 Å². The fourth-order valence-electron chi connectivity index (χ4n) is 2.19. The van der Waals surface area contributed by atoms with Crippen LogP contribution in [-0.4, -0.2) is 28.4 Å². The Labute approximate surface area is 103 Å². The number of piperidine rings is 1. The molecule has 2 atom stereocenters. The molecule has 1 aromatic rings. The Morgan fingerprint density at radius 3 is 3.00 bits per heavy atom. The summed E-state index contributed by atoms with van der Waals surface area (Å²) in [4.78, 5) is 6.65. The predicted molar refractivity (Wildman–Crippen MR) is 67.7 cm³/mol. The van der Waals surface area contributed by atoms with Gasteiger partial charge in [0.25, 0.3) is 0 Å². The van der Waals surface area contributed by atoms with E-state index in [2.05, 4.69) is 29.8 Å². The molecular formula is C13H19ClN2. The van der Waals surface area contributed by atoms with E-state index in [0.717, 1.165) is 19.6 Å². The van der Waals surface area contributed by atoms with E-state index in [1.807, 2.05) is 12.4 Å². The molecule has 0 amide bonds. The fraction of sp³-hybridized carbons (Fsp3) is 0.615. The molecule has 1 fully saturated rings. The van der Waals surface area contributed by atoms with Crippen molar-refractivity contribution in [3.05, 3.63) is 29.6 Å². The minimum Gasteiger partial charge on any atom is -0.298 e. The Kier molecular flexibility index (Phi) is 3.82. The molecule has 3 heteroatoms. The molecule has 0 aromatic carbocycles. The molecule has 2 heterocycles. The predicted octanol–water partition coefficient (Wildman–Crippen LogP) is 2.84. The minimum atomic E-state index is 0.298. The molecule has 1 saturated heterocycles. The maximum atomic E-state index is 6.30. The van der Waals surface area contributed by atoms with Crippen molar-refractivity contribution in [2.75, 3.05) is 13.1 Å². The van der Waals surface area contributed by atoms with Crippen molar-refractivity contribution in [2.45, 2.75) is 32.2 Å². The van der Waals surface area contributed by atoms with Crippen LogP contribution < -0.4 is 0 Å². The summed E-state index contributed by atoms with van der Waals surface area (Å²) in [7, 11) is 0. The van der Waals surface area contributed by atoms with Gasteiger partial charge in [0.15, 0.2) is 0 Å². The lowest BCUT2D eigenvalue weighted by atomic mass is 9.98. The highest BCUT2D eigenvalue weighted by atomic mass is 35.5. The summed E-state index contributed by atoms with van der Waals surface area (Å²) in [5.74, 6) is 0.647. The zero-order chi connectivity index (χ0) is 11.5. The second-order valence-corrected chi connectivity index (χ2v) is 5.45. The van der Waals surface area contributed by atoms with Gasteiger partial charge < -0.3 is 0 Å². The van der Waals surface area contributed by atoms with E-state index in [9.17, 15) is 0 Å². The van der Waals surface area contributed by atoms with E-state index >= 15 is 0 Å². The first-order chi connectivity index (χ1) is 7.65. The minimum absolute atomic E-state index is 0.298. The molecular weight excluding hydrogens is 220 g/mol. The van der Waals surface area contributed by atoms with Gasteiger partial charge in [0.1, 0.15) is 0 Å². The van der Waals surface area contributed by atoms with Crippen molar-refractivity contribution in [2.24, 2.45) is 5.92 Å². The van der Waals surface area contributed by atoms with Crippen molar-refractivity contribution in [3.63, 3.8) is 0 Å². The highest BCUT2D eigenvalue weighted by Crippen LogP contribution is 2.22. The Bertz CT molecular complexity index is 354. The first-order valence-electron chi connectivity index (χ1n) is 5.92. The lowest BCUT2D eigenvalue weighted by molar-refractivity contribution is 0.189. The van der Waals surface area contributed by atoms with Crippen LogP contribution in [0.3, 0.4) is 0 Å². The van der Waals surface area contributed by atoms with Gasteiger partial charge in [-0.15, -0.1) is 11.6 Å². The van der Waals surface area contributed by atoms with E-state index in [0.29, 0.717) is 11.3 Å². The number of pyridine rings is 1. The molecule has 88 valence electrons. The molecule has 2 unspecified atom stereocenters. The number of aromatic nitrogens is 1. The summed E-state index contributed by atoms with van der Waals surface area (Å²) in [5, 5.41) is 0.298. The summed E-state index contributed by atoms with van der Waals surface area (Å²) in [6.45, 7) is 7.45. The Morgan fingerprint density at radius 2 is 2.31 bits per heavy atom. The molecule has 1 aliphatic heterocycles. The highest BCUT2D eigenvalue weighted by molar-refractivity contribution is 6.21. The monoisotopic (exact) mass is 238 g/mol. The Hall–Kier alpha value is -0.600. The number of rotatable bonds is 2. The van der Waals surface area contributed by atoms with Gasteiger partial charge in [0.2, 0.25) is 0 Å². The standard InChI is InChI=1S/C13H19ClN2/c1-10-5-12(7-15-6-10)8-16-4-3-11(2)13(14)9-16/h5-7,11,13H,3-4,8-9H2,1-2H3. The van der Waals surface area contributed by atoms with Crippen molar-refractivity contribution in [1.82, 2.24) is 9.88 Å². The van der Waals surface area contributed by atoms with Crippen LogP contribution in [0.2, 0.25) is 0 Å². The summed E-state index contributed by atoms with van der Waals surface area (Å²) >= 11 is 6.30. The third kappa shape index (κ3) is 2.96. The molecule has 1 aliphatic rings. The zero-order valence-electron chi connectivity index (χ0n) is 9.99. The van der Waals surface area contributed by atoms with Gasteiger partial charge in [0, 0.05) is 30.9 Å². The number of hydrogen-bond donors (Lipinski definition) is 0. The van der Waals surface area contributed by atoms with Gasteiger partial charge in [-0.05, 0) is 36.9 Å². The molecule has 16 heavy (non-hydrogen) atoms. The molecule has 0 bridgehead atoms. The summed E-state index contributed by atoms with van der Waals surface area (Å²) < 4.78 is 0. The zero-order valence-corrected chi connectivity index (χ0v) is 10.7. The van der Waals surface area contributed by atoms with Crippen LogP contribution in [0.15, 0.2) is 18.5 Å². The molecule has 0 saturated carbocycles. The van der Waals surface area contributed by atoms with E-state index in [4.69, 9.17) is 11.6 Å². The van der Waals surface area contributed by atoms with E-state index in [1.54, 1.807) is 0 Å². The highest BCUT2D eigenvalue weighted by Gasteiger charge is 2.24. The maximum Gasteiger partial charge on any atom is 0.0489 e. The van der Waals surface area contributed by atoms with E-state index < -0.39 is 0 Å². The van der Waals surface area contributed by atoms with E-state index in [1.165, 1.54) is 17.5 Å². The van der Waals surface area contributed by atoms with Crippen LogP contribution in [0.1, 0.15) is 24.5 Å². The maximum absolute atomic E-state index is 6.30. The van der Waals surface area contributed by atoms with Gasteiger partial charge in [0.05, 0.1) is 0 Å². The van der Waals surface area contributed by atoms with Crippen molar-refractivity contribution in [1.29, 1.82) is 0 Å². The average molecular weight is 239 g/mol. The van der Waals surface area contributed by atoms with Crippen LogP contribution in [0.25, 0.3) is 0 Å². The van der Waals surface area contributed by atoms with Gasteiger partial charge in [-0.1, -0.05) is 13.0 Å². The van der Waals surface area contributed by atoms with Gasteiger partial charge in [-0.3, -0.25) is 9.88 Å². The van der Waals surface area contributed by atoms with Crippen LogP contribution in [-0.2, 0) is 6.54 Å². The quantitative estimate of drug-likeness (QED) is 0.737. The normalized spacial score (nSPS) is 26.9. The second-order valence-electron chi connectivity index (χ2n) is 4.89. The third-order valence-electron chi connectivity index (χ3n) is 3.29. The van der Waals surface area contributed by atoms with Gasteiger partial charge >= 0.3 is 0 Å². The third-order valence-corrected chi connectivity index (χ3v) is 3.86. The molecule has 0 aliphatic carbocycles. The Balaban J connectivity index is 1.95. The lowest BCUT2D eigenvalue weighted by Gasteiger charge is -2.33. The number of aryl methyl sites for hydroxylation is 1. The second kappa shape index (κ2) is 5.15. The fourth-order valence-corrected chi connectivity index (χ4v) is 2.51. The number of nitrogens with zero attached hydrogens (tertiary/aromatic N) is 2.